The Hall–Kier alpha value is -4.09. The first kappa shape index (κ1) is 22.6. The van der Waals surface area contributed by atoms with Crippen LogP contribution in [0.2, 0.25) is 0 Å². The van der Waals surface area contributed by atoms with Gasteiger partial charge in [0.2, 0.25) is 0 Å². The maximum absolute atomic E-state index is 12.8. The molecule has 32 heavy (non-hydrogen) atoms. The van der Waals surface area contributed by atoms with E-state index in [-0.39, 0.29) is 24.7 Å². The van der Waals surface area contributed by atoms with Gasteiger partial charge in [0.1, 0.15) is 22.7 Å². The number of carboxylic acid groups (broad SMARTS) is 1. The average Bonchev–Trinajstić information content (AvgIpc) is 3.29. The van der Waals surface area contributed by atoms with E-state index in [0.29, 0.717) is 23.4 Å². The summed E-state index contributed by atoms with van der Waals surface area (Å²) in [4.78, 5) is 32.2. The highest BCUT2D eigenvalue weighted by molar-refractivity contribution is 5.91. The maximum atomic E-state index is 12.8. The lowest BCUT2D eigenvalue weighted by Crippen LogP contribution is -2.50. The lowest BCUT2D eigenvalue weighted by Gasteiger charge is -2.38. The fourth-order valence-corrected chi connectivity index (χ4v) is 3.32. The monoisotopic (exact) mass is 450 g/mol. The fourth-order valence-electron chi connectivity index (χ4n) is 3.32. The van der Waals surface area contributed by atoms with E-state index >= 15 is 0 Å². The van der Waals surface area contributed by atoms with Crippen LogP contribution in [0.1, 0.15) is 28.3 Å². The Morgan fingerprint density at radius 3 is 2.56 bits per heavy atom. The molecule has 3 aromatic rings. The van der Waals surface area contributed by atoms with Crippen LogP contribution in [0, 0.1) is 0 Å². The zero-order valence-electron chi connectivity index (χ0n) is 16.3. The molecule has 1 aliphatic rings. The van der Waals surface area contributed by atoms with Gasteiger partial charge in [0.15, 0.2) is 5.82 Å². The van der Waals surface area contributed by atoms with Gasteiger partial charge in [-0.1, -0.05) is 12.1 Å². The highest BCUT2D eigenvalue weighted by Gasteiger charge is 2.43. The Morgan fingerprint density at radius 2 is 1.94 bits per heavy atom. The van der Waals surface area contributed by atoms with E-state index in [1.165, 1.54) is 36.7 Å². The smallest absolute Gasteiger partial charge is 0.491 e. The molecule has 0 fully saturated rings. The molecule has 168 valence electrons. The van der Waals surface area contributed by atoms with Crippen molar-refractivity contribution in [3.63, 3.8) is 0 Å². The Bertz CT molecular complexity index is 1060. The van der Waals surface area contributed by atoms with Gasteiger partial charge >= 0.3 is 6.36 Å². The molecular weight excluding hydrogens is 433 g/mol. The van der Waals surface area contributed by atoms with Crippen molar-refractivity contribution in [2.75, 3.05) is 6.61 Å². The molecule has 2 aromatic heterocycles. The predicted octanol–water partition coefficient (Wildman–Crippen LogP) is 2.86. The van der Waals surface area contributed by atoms with Crippen molar-refractivity contribution in [3.05, 3.63) is 72.1 Å². The molecule has 1 atom stereocenters. The number of nitrogens with zero attached hydrogens (tertiary/aromatic N) is 2. The first-order valence-electron chi connectivity index (χ1n) is 9.13. The second kappa shape index (κ2) is 9.37. The van der Waals surface area contributed by atoms with Crippen molar-refractivity contribution in [1.29, 1.82) is 0 Å². The maximum Gasteiger partial charge on any atom is 0.573 e. The Kier molecular flexibility index (Phi) is 6.61. The van der Waals surface area contributed by atoms with Gasteiger partial charge in [-0.3, -0.25) is 14.6 Å². The van der Waals surface area contributed by atoms with Gasteiger partial charge in [0.05, 0.1) is 6.61 Å². The van der Waals surface area contributed by atoms with Crippen LogP contribution in [0.4, 0.5) is 13.2 Å². The van der Waals surface area contributed by atoms with Crippen molar-refractivity contribution in [2.45, 2.75) is 18.3 Å². The zero-order valence-corrected chi connectivity index (χ0v) is 16.3. The molecule has 3 N–H and O–H groups in total. The van der Waals surface area contributed by atoms with Gasteiger partial charge in [0.25, 0.3) is 12.4 Å². The zero-order chi connectivity index (χ0) is 23.2. The van der Waals surface area contributed by atoms with E-state index in [9.17, 15) is 18.0 Å². The molecule has 0 bridgehead atoms. The third kappa shape index (κ3) is 4.96. The van der Waals surface area contributed by atoms with Crippen molar-refractivity contribution < 1.29 is 37.3 Å². The number of aromatic amines is 1. The largest absolute Gasteiger partial charge is 0.573 e. The number of fused-ring (bicyclic) bond motifs is 1. The van der Waals surface area contributed by atoms with Gasteiger partial charge in [-0.15, -0.1) is 13.2 Å². The third-order valence-corrected chi connectivity index (χ3v) is 4.53. The number of pyridine rings is 1. The number of imidazole rings is 1. The number of alkyl halides is 3. The number of nitrogens with one attached hydrogen (secondary N) is 2. The van der Waals surface area contributed by atoms with Crippen LogP contribution in [0.15, 0.2) is 55.0 Å². The number of rotatable bonds is 4. The van der Waals surface area contributed by atoms with E-state index < -0.39 is 17.8 Å². The predicted molar refractivity (Wildman–Crippen MR) is 103 cm³/mol. The molecule has 0 spiro atoms. The molecule has 0 saturated carbocycles. The summed E-state index contributed by atoms with van der Waals surface area (Å²) >= 11 is 0. The number of amides is 1. The van der Waals surface area contributed by atoms with Crippen LogP contribution >= 0.6 is 0 Å². The van der Waals surface area contributed by atoms with Gasteiger partial charge in [0, 0.05) is 25.0 Å². The average molecular weight is 450 g/mol. The Morgan fingerprint density at radius 1 is 1.22 bits per heavy atom. The van der Waals surface area contributed by atoms with Crippen LogP contribution in [-0.4, -0.2) is 45.4 Å². The fraction of sp³-hybridized carbons (Fsp3) is 0.200. The van der Waals surface area contributed by atoms with E-state index in [1.54, 1.807) is 18.3 Å². The number of halogens is 3. The summed E-state index contributed by atoms with van der Waals surface area (Å²) < 4.78 is 47.0. The molecule has 12 heteroatoms. The van der Waals surface area contributed by atoms with Crippen LogP contribution in [0.5, 0.6) is 11.5 Å². The second-order valence-electron chi connectivity index (χ2n) is 6.42. The van der Waals surface area contributed by atoms with Gasteiger partial charge < -0.3 is 24.9 Å². The van der Waals surface area contributed by atoms with Crippen LogP contribution < -0.4 is 14.8 Å². The molecule has 4 rings (SSSR count). The van der Waals surface area contributed by atoms with E-state index in [2.05, 4.69) is 25.0 Å². The summed E-state index contributed by atoms with van der Waals surface area (Å²) in [5, 5.41) is 9.83. The summed E-state index contributed by atoms with van der Waals surface area (Å²) in [6, 6.07) is 8.74. The molecule has 0 unspecified atom stereocenters. The molecule has 1 aliphatic heterocycles. The minimum Gasteiger partial charge on any atom is -0.491 e. The lowest BCUT2D eigenvalue weighted by molar-refractivity contribution is -0.274. The second-order valence-corrected chi connectivity index (χ2v) is 6.42. The van der Waals surface area contributed by atoms with Crippen molar-refractivity contribution in [1.82, 2.24) is 20.3 Å². The summed E-state index contributed by atoms with van der Waals surface area (Å²) in [6.45, 7) is 0.0257. The first-order chi connectivity index (χ1) is 15.3. The van der Waals surface area contributed by atoms with Crippen LogP contribution in [-0.2, 0) is 10.3 Å². The van der Waals surface area contributed by atoms with Gasteiger partial charge in [-0.25, -0.2) is 4.98 Å². The number of carbonyl (C=O) groups excluding carboxylic acids is 1. The topological polar surface area (TPSA) is 126 Å². The number of ether oxygens (including phenoxy) is 2. The molecule has 0 aliphatic carbocycles. The minimum absolute atomic E-state index is 0.102. The number of hydrogen-bond acceptors (Lipinski definition) is 6. The Balaban J connectivity index is 0.000000913. The lowest BCUT2D eigenvalue weighted by atomic mass is 9.81. The quantitative estimate of drug-likeness (QED) is 0.522. The number of hydrogen-bond donors (Lipinski definition) is 3. The van der Waals surface area contributed by atoms with Crippen molar-refractivity contribution in [2.24, 2.45) is 0 Å². The number of aromatic nitrogens is 3. The standard InChI is InChI=1S/C19H15F3N4O3.CH2O2/c20-19(21,22)29-13-5-3-12(4-6-13)18(26-17(27)16-24-9-10-25-16)7-11-28-14-2-1-8-23-15(14)18;2-1-3/h1-6,8-10H,7,11H2,(H,24,25)(H,26,27);1H,(H,2,3)/t18-;/m0./s1. The number of carbonyl (C=O) groups is 2. The first-order valence-corrected chi connectivity index (χ1v) is 9.13. The minimum atomic E-state index is -4.79. The number of benzene rings is 1. The van der Waals surface area contributed by atoms with E-state index in [0.717, 1.165) is 0 Å². The SMILES string of the molecule is O=C(N[C@]1(c2ccc(OC(F)(F)F)cc2)CCOc2cccnc21)c1ncc[nH]1.O=CO. The third-order valence-electron chi connectivity index (χ3n) is 4.53. The van der Waals surface area contributed by atoms with E-state index in [4.69, 9.17) is 14.6 Å². The van der Waals surface area contributed by atoms with E-state index in [1.807, 2.05) is 0 Å². The normalized spacial score (nSPS) is 17.1. The highest BCUT2D eigenvalue weighted by Crippen LogP contribution is 2.41. The molecule has 1 aromatic carbocycles. The van der Waals surface area contributed by atoms with Gasteiger partial charge in [-0.2, -0.15) is 0 Å². The molecular formula is C20H17F3N4O5. The molecule has 1 amide bonds. The highest BCUT2D eigenvalue weighted by atomic mass is 19.4. The van der Waals surface area contributed by atoms with Crippen LogP contribution in [0.25, 0.3) is 0 Å². The molecule has 0 radical (unpaired) electrons. The molecule has 9 nitrogen and oxygen atoms in total. The summed E-state index contributed by atoms with van der Waals surface area (Å²) in [5.74, 6) is -0.259. The number of H-pyrrole nitrogens is 1. The molecule has 3 heterocycles. The van der Waals surface area contributed by atoms with Crippen LogP contribution in [0.3, 0.4) is 0 Å². The van der Waals surface area contributed by atoms with Crippen molar-refractivity contribution >= 4 is 12.4 Å². The van der Waals surface area contributed by atoms with Crippen molar-refractivity contribution in [3.8, 4) is 11.5 Å². The summed E-state index contributed by atoms with van der Waals surface area (Å²) in [6.07, 6.45) is 0.0486. The molecule has 0 saturated heterocycles. The van der Waals surface area contributed by atoms with Gasteiger partial charge in [-0.05, 0) is 29.8 Å². The summed E-state index contributed by atoms with van der Waals surface area (Å²) in [5.41, 5.74) is -0.124. The summed E-state index contributed by atoms with van der Waals surface area (Å²) in [7, 11) is 0. The Labute approximate surface area is 179 Å².